The van der Waals surface area contributed by atoms with Gasteiger partial charge in [0.25, 0.3) is 5.91 Å². The molecular weight excluding hydrogens is 366 g/mol. The van der Waals surface area contributed by atoms with Gasteiger partial charge in [0.15, 0.2) is 6.61 Å². The molecule has 1 amide bonds. The highest BCUT2D eigenvalue weighted by Crippen LogP contribution is 2.24. The summed E-state index contributed by atoms with van der Waals surface area (Å²) in [5, 5.41) is 2.80. The monoisotopic (exact) mass is 397 g/mol. The van der Waals surface area contributed by atoms with E-state index in [0.717, 1.165) is 22.6 Å². The Hall–Kier alpha value is -2.82. The Morgan fingerprint density at radius 3 is 2.17 bits per heavy atom. The number of carbonyl (C=O) groups is 2. The minimum absolute atomic E-state index is 0.104. The maximum absolute atomic E-state index is 12.0. The van der Waals surface area contributed by atoms with Crippen LogP contribution >= 0.6 is 0 Å². The maximum Gasteiger partial charge on any atom is 0.306 e. The van der Waals surface area contributed by atoms with Crippen molar-refractivity contribution in [2.24, 2.45) is 0 Å². The number of benzene rings is 2. The van der Waals surface area contributed by atoms with Crippen LogP contribution in [0.2, 0.25) is 0 Å². The van der Waals surface area contributed by atoms with Gasteiger partial charge in [0, 0.05) is 12.1 Å². The zero-order valence-corrected chi connectivity index (χ0v) is 18.0. The summed E-state index contributed by atoms with van der Waals surface area (Å²) in [6, 6.07) is 13.8. The zero-order valence-electron chi connectivity index (χ0n) is 18.0. The largest absolute Gasteiger partial charge is 0.494 e. The molecule has 0 bridgehead atoms. The number of anilines is 1. The molecule has 0 atom stereocenters. The van der Waals surface area contributed by atoms with E-state index in [4.69, 9.17) is 9.47 Å². The molecule has 2 aromatic carbocycles. The van der Waals surface area contributed by atoms with Gasteiger partial charge in [-0.3, -0.25) is 9.59 Å². The Balaban J connectivity index is 1.66. The number of aryl methyl sites for hydroxylation is 2. The van der Waals surface area contributed by atoms with Gasteiger partial charge in [0.05, 0.1) is 6.61 Å². The molecule has 0 saturated heterocycles. The van der Waals surface area contributed by atoms with Crippen LogP contribution in [0.5, 0.6) is 5.75 Å². The van der Waals surface area contributed by atoms with Gasteiger partial charge in [0.2, 0.25) is 0 Å². The predicted molar refractivity (Wildman–Crippen MR) is 115 cm³/mol. The number of hydrogen-bond donors (Lipinski definition) is 1. The molecule has 2 rings (SSSR count). The Labute approximate surface area is 173 Å². The summed E-state index contributed by atoms with van der Waals surface area (Å²) in [7, 11) is 0. The smallest absolute Gasteiger partial charge is 0.306 e. The lowest BCUT2D eigenvalue weighted by Crippen LogP contribution is -2.22. The van der Waals surface area contributed by atoms with E-state index in [9.17, 15) is 9.59 Å². The number of esters is 1. The van der Waals surface area contributed by atoms with Crippen molar-refractivity contribution in [2.75, 3.05) is 18.5 Å². The number of nitrogens with one attached hydrogen (secondary N) is 1. The topological polar surface area (TPSA) is 64.6 Å². The van der Waals surface area contributed by atoms with Crippen molar-refractivity contribution in [1.29, 1.82) is 0 Å². The van der Waals surface area contributed by atoms with Crippen molar-refractivity contribution in [3.8, 4) is 5.75 Å². The Morgan fingerprint density at radius 2 is 1.59 bits per heavy atom. The van der Waals surface area contributed by atoms with E-state index < -0.39 is 5.97 Å². The summed E-state index contributed by atoms with van der Waals surface area (Å²) in [5.74, 6) is 0.0265. The number of ether oxygens (including phenoxy) is 2. The van der Waals surface area contributed by atoms with Crippen LogP contribution in [0.1, 0.15) is 50.3 Å². The fourth-order valence-electron chi connectivity index (χ4n) is 2.86. The maximum atomic E-state index is 12.0. The van der Waals surface area contributed by atoms with Gasteiger partial charge < -0.3 is 14.8 Å². The Morgan fingerprint density at radius 1 is 0.966 bits per heavy atom. The number of amides is 1. The van der Waals surface area contributed by atoms with Gasteiger partial charge >= 0.3 is 5.97 Å². The first kappa shape index (κ1) is 22.5. The quantitative estimate of drug-likeness (QED) is 0.506. The molecule has 29 heavy (non-hydrogen) atoms. The van der Waals surface area contributed by atoms with Crippen molar-refractivity contribution in [1.82, 2.24) is 0 Å². The average molecular weight is 398 g/mol. The van der Waals surface area contributed by atoms with E-state index in [2.05, 4.69) is 38.2 Å². The molecule has 0 radical (unpaired) electrons. The second-order valence-electron chi connectivity index (χ2n) is 8.20. The van der Waals surface area contributed by atoms with Crippen LogP contribution in [-0.2, 0) is 19.7 Å². The summed E-state index contributed by atoms with van der Waals surface area (Å²) in [5.41, 5.74) is 4.05. The van der Waals surface area contributed by atoms with E-state index in [0.29, 0.717) is 13.0 Å². The van der Waals surface area contributed by atoms with Crippen molar-refractivity contribution in [3.05, 3.63) is 59.2 Å². The van der Waals surface area contributed by atoms with Crippen molar-refractivity contribution in [3.63, 3.8) is 0 Å². The summed E-state index contributed by atoms with van der Waals surface area (Å²) in [4.78, 5) is 23.9. The van der Waals surface area contributed by atoms with Crippen LogP contribution in [0.4, 0.5) is 5.69 Å². The third-order valence-electron chi connectivity index (χ3n) is 4.62. The molecule has 5 heteroatoms. The molecule has 0 aliphatic carbocycles. The molecule has 5 nitrogen and oxygen atoms in total. The van der Waals surface area contributed by atoms with Crippen LogP contribution in [0.25, 0.3) is 0 Å². The van der Waals surface area contributed by atoms with E-state index in [1.807, 2.05) is 44.2 Å². The van der Waals surface area contributed by atoms with Gasteiger partial charge in [-0.05, 0) is 54.5 Å². The molecule has 0 spiro atoms. The molecular formula is C24H31NO4. The third-order valence-corrected chi connectivity index (χ3v) is 4.62. The normalized spacial score (nSPS) is 11.1. The second-order valence-corrected chi connectivity index (χ2v) is 8.20. The first-order chi connectivity index (χ1) is 13.7. The fourth-order valence-corrected chi connectivity index (χ4v) is 2.86. The first-order valence-corrected chi connectivity index (χ1v) is 9.92. The lowest BCUT2D eigenvalue weighted by Gasteiger charge is -2.19. The van der Waals surface area contributed by atoms with Crippen molar-refractivity contribution >= 4 is 17.6 Å². The zero-order chi connectivity index (χ0) is 21.4. The SMILES string of the molecule is Cc1cccc(C)c1NC(=O)COC(=O)CCCOc1ccc(C(C)(C)C)cc1. The molecule has 0 aromatic heterocycles. The lowest BCUT2D eigenvalue weighted by atomic mass is 9.87. The first-order valence-electron chi connectivity index (χ1n) is 9.92. The van der Waals surface area contributed by atoms with Crippen LogP contribution in [0, 0.1) is 13.8 Å². The molecule has 0 saturated carbocycles. The van der Waals surface area contributed by atoms with Crippen LogP contribution < -0.4 is 10.1 Å². The molecule has 0 heterocycles. The van der Waals surface area contributed by atoms with E-state index in [-0.39, 0.29) is 24.3 Å². The van der Waals surface area contributed by atoms with Gasteiger partial charge in [-0.2, -0.15) is 0 Å². The van der Waals surface area contributed by atoms with E-state index >= 15 is 0 Å². The summed E-state index contributed by atoms with van der Waals surface area (Å²) in [6.45, 7) is 10.5. The molecule has 0 unspecified atom stereocenters. The van der Waals surface area contributed by atoms with Crippen LogP contribution in [-0.4, -0.2) is 25.1 Å². The fraction of sp³-hybridized carbons (Fsp3) is 0.417. The summed E-state index contributed by atoms with van der Waals surface area (Å²) in [6.07, 6.45) is 0.731. The van der Waals surface area contributed by atoms with Crippen molar-refractivity contribution < 1.29 is 19.1 Å². The molecule has 0 aliphatic rings. The highest BCUT2D eigenvalue weighted by molar-refractivity contribution is 5.94. The average Bonchev–Trinajstić information content (AvgIpc) is 2.66. The predicted octanol–water partition coefficient (Wildman–Crippen LogP) is 4.94. The molecule has 156 valence electrons. The summed E-state index contributed by atoms with van der Waals surface area (Å²) < 4.78 is 10.7. The molecule has 0 fully saturated rings. The molecule has 0 aliphatic heterocycles. The van der Waals surface area contributed by atoms with Crippen molar-refractivity contribution in [2.45, 2.75) is 52.9 Å². The third kappa shape index (κ3) is 7.26. The van der Waals surface area contributed by atoms with E-state index in [1.54, 1.807) is 0 Å². The van der Waals surface area contributed by atoms with E-state index in [1.165, 1.54) is 5.56 Å². The van der Waals surface area contributed by atoms with Gasteiger partial charge in [-0.25, -0.2) is 0 Å². The van der Waals surface area contributed by atoms with Gasteiger partial charge in [-0.1, -0.05) is 51.1 Å². The van der Waals surface area contributed by atoms with Crippen LogP contribution in [0.3, 0.4) is 0 Å². The minimum Gasteiger partial charge on any atom is -0.494 e. The standard InChI is InChI=1S/C24H31NO4/c1-17-8-6-9-18(2)23(17)25-21(26)16-29-22(27)10-7-15-28-20-13-11-19(12-14-20)24(3,4)5/h6,8-9,11-14H,7,10,15-16H2,1-5H3,(H,25,26). The van der Waals surface area contributed by atoms with Gasteiger partial charge in [0.1, 0.15) is 5.75 Å². The summed E-state index contributed by atoms with van der Waals surface area (Å²) >= 11 is 0. The number of rotatable bonds is 8. The van der Waals surface area contributed by atoms with Crippen LogP contribution in [0.15, 0.2) is 42.5 Å². The highest BCUT2D eigenvalue weighted by atomic mass is 16.5. The Kier molecular flexibility index (Phi) is 7.82. The second kappa shape index (κ2) is 10.1. The Bertz CT molecular complexity index is 815. The number of para-hydroxylation sites is 1. The number of carbonyl (C=O) groups excluding carboxylic acids is 2. The molecule has 2 aromatic rings. The number of hydrogen-bond acceptors (Lipinski definition) is 4. The van der Waals surface area contributed by atoms with Gasteiger partial charge in [-0.15, -0.1) is 0 Å². The highest BCUT2D eigenvalue weighted by Gasteiger charge is 2.13. The lowest BCUT2D eigenvalue weighted by molar-refractivity contribution is -0.147. The minimum atomic E-state index is -0.409. The molecule has 1 N–H and O–H groups in total.